The molecule has 1 atom stereocenters. The summed E-state index contributed by atoms with van der Waals surface area (Å²) in [6.45, 7) is 8.07. The van der Waals surface area contributed by atoms with E-state index in [1.807, 2.05) is 0 Å². The summed E-state index contributed by atoms with van der Waals surface area (Å²) in [5.41, 5.74) is 0. The predicted molar refractivity (Wildman–Crippen MR) is 47.2 cm³/mol. The normalized spacial score (nSPS) is 13.7. The highest BCUT2D eigenvalue weighted by molar-refractivity contribution is 8.14. The molecule has 0 bridgehead atoms. The summed E-state index contributed by atoms with van der Waals surface area (Å²) >= 11 is 1.47. The van der Waals surface area contributed by atoms with Crippen LogP contribution < -0.4 is 0 Å². The van der Waals surface area contributed by atoms with E-state index in [1.165, 1.54) is 11.8 Å². The zero-order valence-electron chi connectivity index (χ0n) is 7.18. The summed E-state index contributed by atoms with van der Waals surface area (Å²) in [6.07, 6.45) is 1.09. The first-order chi connectivity index (χ1) is 4.57. The summed E-state index contributed by atoms with van der Waals surface area (Å²) in [5.74, 6) is 0.610. The summed E-state index contributed by atoms with van der Waals surface area (Å²) in [7, 11) is 0. The van der Waals surface area contributed by atoms with Crippen molar-refractivity contribution in [3.05, 3.63) is 0 Å². The molecule has 0 N–H and O–H groups in total. The van der Waals surface area contributed by atoms with Gasteiger partial charge in [-0.3, -0.25) is 4.79 Å². The fourth-order valence-corrected chi connectivity index (χ4v) is 1.77. The average molecular weight is 160 g/mol. The number of carbonyl (C=O) groups is 1. The fourth-order valence-electron chi connectivity index (χ4n) is 0.904. The maximum atomic E-state index is 10.7. The molecule has 1 unspecified atom stereocenters. The molecule has 0 fully saturated rings. The maximum Gasteiger partial charge on any atom is 0.186 e. The first kappa shape index (κ1) is 10.0. The molecule has 10 heavy (non-hydrogen) atoms. The second-order valence-corrected chi connectivity index (χ2v) is 4.22. The van der Waals surface area contributed by atoms with Crippen LogP contribution in [0.1, 0.15) is 34.1 Å². The van der Waals surface area contributed by atoms with E-state index in [2.05, 4.69) is 20.8 Å². The molecule has 60 valence electrons. The molecule has 0 heterocycles. The Morgan fingerprint density at radius 3 is 2.10 bits per heavy atom. The molecule has 0 saturated heterocycles. The molecule has 0 aromatic heterocycles. The lowest BCUT2D eigenvalue weighted by molar-refractivity contribution is -0.109. The highest BCUT2D eigenvalue weighted by Gasteiger charge is 2.12. The van der Waals surface area contributed by atoms with E-state index in [-0.39, 0.29) is 5.12 Å². The number of hydrogen-bond donors (Lipinski definition) is 0. The van der Waals surface area contributed by atoms with Crippen molar-refractivity contribution in [2.24, 2.45) is 5.92 Å². The average Bonchev–Trinajstić information content (AvgIpc) is 1.81. The Bertz CT molecular complexity index is 110. The predicted octanol–water partition coefficient (Wildman–Crippen LogP) is 2.70. The maximum absolute atomic E-state index is 10.7. The Morgan fingerprint density at radius 1 is 1.50 bits per heavy atom. The van der Waals surface area contributed by atoms with E-state index >= 15 is 0 Å². The van der Waals surface area contributed by atoms with Crippen molar-refractivity contribution in [2.75, 3.05) is 0 Å². The molecule has 0 rings (SSSR count). The van der Waals surface area contributed by atoms with Gasteiger partial charge in [0.15, 0.2) is 5.12 Å². The Labute approximate surface area is 67.6 Å². The number of rotatable bonds is 3. The molecular weight excluding hydrogens is 144 g/mol. The molecule has 0 spiro atoms. The first-order valence-electron chi connectivity index (χ1n) is 3.75. The summed E-state index contributed by atoms with van der Waals surface area (Å²) < 4.78 is 0. The Kier molecular flexibility index (Phi) is 4.79. The smallest absolute Gasteiger partial charge is 0.186 e. The van der Waals surface area contributed by atoms with Crippen molar-refractivity contribution < 1.29 is 4.79 Å². The topological polar surface area (TPSA) is 17.1 Å². The summed E-state index contributed by atoms with van der Waals surface area (Å²) in [5, 5.41) is 0.748. The van der Waals surface area contributed by atoms with Crippen molar-refractivity contribution in [3.8, 4) is 0 Å². The zero-order valence-corrected chi connectivity index (χ0v) is 7.99. The van der Waals surface area contributed by atoms with Gasteiger partial charge in [-0.2, -0.15) is 0 Å². The monoisotopic (exact) mass is 160 g/mol. The van der Waals surface area contributed by atoms with Crippen LogP contribution in [0.4, 0.5) is 0 Å². The van der Waals surface area contributed by atoms with Crippen LogP contribution in [0.5, 0.6) is 0 Å². The highest BCUT2D eigenvalue weighted by Crippen LogP contribution is 2.22. The molecule has 0 aromatic carbocycles. The van der Waals surface area contributed by atoms with E-state index in [9.17, 15) is 4.79 Å². The third kappa shape index (κ3) is 3.94. The van der Waals surface area contributed by atoms with Crippen LogP contribution in [-0.2, 0) is 4.79 Å². The van der Waals surface area contributed by atoms with Crippen molar-refractivity contribution in [1.82, 2.24) is 0 Å². The van der Waals surface area contributed by atoms with Crippen LogP contribution in [-0.4, -0.2) is 10.4 Å². The van der Waals surface area contributed by atoms with E-state index in [4.69, 9.17) is 0 Å². The SMILES string of the molecule is CCC(SC(C)=O)C(C)C. The number of hydrogen-bond acceptors (Lipinski definition) is 2. The molecule has 0 amide bonds. The van der Waals surface area contributed by atoms with Crippen molar-refractivity contribution in [2.45, 2.75) is 39.4 Å². The van der Waals surface area contributed by atoms with Gasteiger partial charge < -0.3 is 0 Å². The van der Waals surface area contributed by atoms with Gasteiger partial charge in [-0.15, -0.1) is 0 Å². The van der Waals surface area contributed by atoms with E-state index in [0.29, 0.717) is 11.2 Å². The third-order valence-corrected chi connectivity index (χ3v) is 2.98. The molecular formula is C8H16OS. The third-order valence-electron chi connectivity index (χ3n) is 1.46. The van der Waals surface area contributed by atoms with E-state index < -0.39 is 0 Å². The van der Waals surface area contributed by atoms with Crippen LogP contribution in [0, 0.1) is 5.92 Å². The van der Waals surface area contributed by atoms with Crippen LogP contribution in [0.15, 0.2) is 0 Å². The molecule has 0 aliphatic carbocycles. The summed E-state index contributed by atoms with van der Waals surface area (Å²) in [4.78, 5) is 10.7. The molecule has 2 heteroatoms. The van der Waals surface area contributed by atoms with Gasteiger partial charge >= 0.3 is 0 Å². The van der Waals surface area contributed by atoms with Crippen molar-refractivity contribution in [1.29, 1.82) is 0 Å². The standard InChI is InChI=1S/C8H16OS/c1-5-8(6(2)3)10-7(4)9/h6,8H,5H2,1-4H3. The number of thioether (sulfide) groups is 1. The second kappa shape index (κ2) is 4.78. The Balaban J connectivity index is 3.71. The molecule has 0 radical (unpaired) electrons. The number of carbonyl (C=O) groups excluding carboxylic acids is 1. The fraction of sp³-hybridized carbons (Fsp3) is 0.875. The van der Waals surface area contributed by atoms with E-state index in [1.54, 1.807) is 6.92 Å². The highest BCUT2D eigenvalue weighted by atomic mass is 32.2. The van der Waals surface area contributed by atoms with Gasteiger partial charge in [0.25, 0.3) is 0 Å². The van der Waals surface area contributed by atoms with Crippen LogP contribution in [0.2, 0.25) is 0 Å². The second-order valence-electron chi connectivity index (χ2n) is 2.80. The lowest BCUT2D eigenvalue weighted by Crippen LogP contribution is -2.11. The van der Waals surface area contributed by atoms with Crippen molar-refractivity contribution >= 4 is 16.9 Å². The minimum atomic E-state index is 0.237. The minimum Gasteiger partial charge on any atom is -0.288 e. The molecule has 0 saturated carbocycles. The van der Waals surface area contributed by atoms with Gasteiger partial charge in [-0.1, -0.05) is 32.5 Å². The van der Waals surface area contributed by atoms with Crippen LogP contribution in [0.25, 0.3) is 0 Å². The Hall–Kier alpha value is 0.0200. The van der Waals surface area contributed by atoms with Gasteiger partial charge in [0.1, 0.15) is 0 Å². The Morgan fingerprint density at radius 2 is 2.00 bits per heavy atom. The summed E-state index contributed by atoms with van der Waals surface area (Å²) in [6, 6.07) is 0. The lowest BCUT2D eigenvalue weighted by Gasteiger charge is -2.15. The molecule has 0 aliphatic heterocycles. The van der Waals surface area contributed by atoms with Gasteiger partial charge in [0, 0.05) is 12.2 Å². The van der Waals surface area contributed by atoms with Crippen LogP contribution in [0.3, 0.4) is 0 Å². The van der Waals surface area contributed by atoms with Crippen LogP contribution >= 0.6 is 11.8 Å². The largest absolute Gasteiger partial charge is 0.288 e. The van der Waals surface area contributed by atoms with Gasteiger partial charge in [-0.25, -0.2) is 0 Å². The zero-order chi connectivity index (χ0) is 8.15. The van der Waals surface area contributed by atoms with Gasteiger partial charge in [0.05, 0.1) is 0 Å². The van der Waals surface area contributed by atoms with Crippen molar-refractivity contribution in [3.63, 3.8) is 0 Å². The minimum absolute atomic E-state index is 0.237. The van der Waals surface area contributed by atoms with E-state index in [0.717, 1.165) is 6.42 Å². The lowest BCUT2D eigenvalue weighted by atomic mass is 10.1. The first-order valence-corrected chi connectivity index (χ1v) is 4.63. The van der Waals surface area contributed by atoms with Gasteiger partial charge in [0.2, 0.25) is 0 Å². The quantitative estimate of drug-likeness (QED) is 0.631. The molecule has 1 nitrogen and oxygen atoms in total. The molecule has 0 aliphatic rings. The van der Waals surface area contributed by atoms with Gasteiger partial charge in [-0.05, 0) is 12.3 Å². The molecule has 0 aromatic rings.